The minimum atomic E-state index is 0.179. The largest absolute Gasteiger partial charge is 0.497 e. The quantitative estimate of drug-likeness (QED) is 0.796. The fourth-order valence-corrected chi connectivity index (χ4v) is 2.71. The second-order valence-electron chi connectivity index (χ2n) is 5.71. The fourth-order valence-electron chi connectivity index (χ4n) is 2.71. The highest BCUT2D eigenvalue weighted by atomic mass is 16.5. The number of piperazine rings is 1. The van der Waals surface area contributed by atoms with Crippen LogP contribution >= 0.6 is 0 Å². The van der Waals surface area contributed by atoms with Crippen molar-refractivity contribution in [3.63, 3.8) is 0 Å². The molecule has 2 rings (SSSR count). The minimum absolute atomic E-state index is 0.179. The predicted molar refractivity (Wildman–Crippen MR) is 85.0 cm³/mol. The van der Waals surface area contributed by atoms with Gasteiger partial charge < -0.3 is 9.64 Å². The second-order valence-corrected chi connectivity index (χ2v) is 5.71. The highest BCUT2D eigenvalue weighted by Crippen LogP contribution is 2.14. The molecule has 0 spiro atoms. The van der Waals surface area contributed by atoms with Crippen LogP contribution in [-0.2, 0) is 16.0 Å². The Kier molecular flexibility index (Phi) is 5.95. The van der Waals surface area contributed by atoms with Crippen molar-refractivity contribution in [1.82, 2.24) is 9.80 Å². The van der Waals surface area contributed by atoms with Crippen LogP contribution in [0.4, 0.5) is 0 Å². The van der Waals surface area contributed by atoms with Crippen LogP contribution in [-0.4, -0.2) is 61.3 Å². The summed E-state index contributed by atoms with van der Waals surface area (Å²) in [5, 5.41) is 0. The van der Waals surface area contributed by atoms with Gasteiger partial charge in [-0.25, -0.2) is 0 Å². The van der Waals surface area contributed by atoms with Crippen molar-refractivity contribution in [3.8, 4) is 5.75 Å². The SMILES string of the molecule is COc1cccc(CCC(=O)N2CCN(CC(C)=O)CC2)c1. The molecule has 1 amide bonds. The lowest BCUT2D eigenvalue weighted by atomic mass is 10.1. The highest BCUT2D eigenvalue weighted by Gasteiger charge is 2.21. The van der Waals surface area contributed by atoms with Crippen molar-refractivity contribution in [1.29, 1.82) is 0 Å². The summed E-state index contributed by atoms with van der Waals surface area (Å²) < 4.78 is 5.19. The molecule has 1 aliphatic rings. The molecule has 0 aliphatic carbocycles. The zero-order valence-electron chi connectivity index (χ0n) is 13.4. The lowest BCUT2D eigenvalue weighted by molar-refractivity contribution is -0.133. The molecule has 5 heteroatoms. The van der Waals surface area contributed by atoms with E-state index < -0.39 is 0 Å². The number of ether oxygens (including phenoxy) is 1. The minimum Gasteiger partial charge on any atom is -0.497 e. The third kappa shape index (κ3) is 4.84. The van der Waals surface area contributed by atoms with Crippen molar-refractivity contribution < 1.29 is 14.3 Å². The van der Waals surface area contributed by atoms with Gasteiger partial charge in [0.2, 0.25) is 5.91 Å². The number of amides is 1. The molecule has 0 saturated carbocycles. The monoisotopic (exact) mass is 304 g/mol. The van der Waals surface area contributed by atoms with E-state index in [9.17, 15) is 9.59 Å². The van der Waals surface area contributed by atoms with E-state index in [4.69, 9.17) is 4.74 Å². The summed E-state index contributed by atoms with van der Waals surface area (Å²) in [5.74, 6) is 1.19. The normalized spacial score (nSPS) is 15.6. The molecule has 1 fully saturated rings. The number of methoxy groups -OCH3 is 1. The third-order valence-corrected chi connectivity index (χ3v) is 3.93. The number of aryl methyl sites for hydroxylation is 1. The molecule has 0 bridgehead atoms. The van der Waals surface area contributed by atoms with Gasteiger partial charge in [0.05, 0.1) is 13.7 Å². The molecule has 1 aliphatic heterocycles. The summed E-state index contributed by atoms with van der Waals surface area (Å²) in [6, 6.07) is 7.83. The van der Waals surface area contributed by atoms with E-state index in [2.05, 4.69) is 4.90 Å². The Bertz CT molecular complexity index is 522. The summed E-state index contributed by atoms with van der Waals surface area (Å²) >= 11 is 0. The number of hydrogen-bond donors (Lipinski definition) is 0. The average Bonchev–Trinajstić information content (AvgIpc) is 2.53. The number of nitrogens with zero attached hydrogens (tertiary/aromatic N) is 2. The van der Waals surface area contributed by atoms with Gasteiger partial charge in [-0.2, -0.15) is 0 Å². The van der Waals surface area contributed by atoms with Gasteiger partial charge in [0.15, 0.2) is 0 Å². The van der Waals surface area contributed by atoms with Gasteiger partial charge in [0, 0.05) is 32.6 Å². The van der Waals surface area contributed by atoms with Gasteiger partial charge in [-0.15, -0.1) is 0 Å². The maximum absolute atomic E-state index is 12.3. The first-order valence-electron chi connectivity index (χ1n) is 7.71. The maximum atomic E-state index is 12.3. The predicted octanol–water partition coefficient (Wildman–Crippen LogP) is 1.36. The average molecular weight is 304 g/mol. The first-order chi connectivity index (χ1) is 10.6. The number of rotatable bonds is 6. The van der Waals surface area contributed by atoms with Crippen LogP contribution in [0.2, 0.25) is 0 Å². The van der Waals surface area contributed by atoms with Crippen molar-refractivity contribution in [3.05, 3.63) is 29.8 Å². The number of hydrogen-bond acceptors (Lipinski definition) is 4. The molecular formula is C17H24N2O3. The van der Waals surface area contributed by atoms with E-state index >= 15 is 0 Å². The molecule has 22 heavy (non-hydrogen) atoms. The smallest absolute Gasteiger partial charge is 0.222 e. The molecule has 120 valence electrons. The Hall–Kier alpha value is -1.88. The number of ketones is 1. The first kappa shape index (κ1) is 16.5. The zero-order chi connectivity index (χ0) is 15.9. The summed E-state index contributed by atoms with van der Waals surface area (Å²) in [6.45, 7) is 5.08. The highest BCUT2D eigenvalue weighted by molar-refractivity contribution is 5.78. The number of Topliss-reactive ketones (excluding diaryl/α,β-unsaturated/α-hetero) is 1. The Labute approximate surface area is 131 Å². The zero-order valence-corrected chi connectivity index (χ0v) is 13.4. The van der Waals surface area contributed by atoms with Gasteiger partial charge in [0.1, 0.15) is 11.5 Å². The van der Waals surface area contributed by atoms with Gasteiger partial charge >= 0.3 is 0 Å². The molecular weight excluding hydrogens is 280 g/mol. The second kappa shape index (κ2) is 7.94. The van der Waals surface area contributed by atoms with Crippen LogP contribution in [0.3, 0.4) is 0 Å². The third-order valence-electron chi connectivity index (χ3n) is 3.93. The van der Waals surface area contributed by atoms with Crippen LogP contribution in [0.1, 0.15) is 18.9 Å². The van der Waals surface area contributed by atoms with Gasteiger partial charge in [-0.05, 0) is 31.0 Å². The van der Waals surface area contributed by atoms with Crippen molar-refractivity contribution in [2.24, 2.45) is 0 Å². The van der Waals surface area contributed by atoms with E-state index in [0.29, 0.717) is 26.1 Å². The summed E-state index contributed by atoms with van der Waals surface area (Å²) in [4.78, 5) is 27.4. The van der Waals surface area contributed by atoms with Crippen molar-refractivity contribution in [2.75, 3.05) is 39.8 Å². The molecule has 1 heterocycles. The number of carbonyl (C=O) groups is 2. The molecule has 5 nitrogen and oxygen atoms in total. The fraction of sp³-hybridized carbons (Fsp3) is 0.529. The van der Waals surface area contributed by atoms with Crippen LogP contribution in [0.15, 0.2) is 24.3 Å². The molecule has 1 aromatic rings. The topological polar surface area (TPSA) is 49.9 Å². The molecule has 0 radical (unpaired) electrons. The van der Waals surface area contributed by atoms with Crippen LogP contribution < -0.4 is 4.74 Å². The van der Waals surface area contributed by atoms with Crippen molar-refractivity contribution in [2.45, 2.75) is 19.8 Å². The first-order valence-corrected chi connectivity index (χ1v) is 7.71. The van der Waals surface area contributed by atoms with E-state index in [1.165, 1.54) is 0 Å². The number of benzene rings is 1. The van der Waals surface area contributed by atoms with Gasteiger partial charge in [-0.1, -0.05) is 12.1 Å². The maximum Gasteiger partial charge on any atom is 0.222 e. The summed E-state index contributed by atoms with van der Waals surface area (Å²) in [5.41, 5.74) is 1.11. The Morgan fingerprint density at radius 2 is 1.91 bits per heavy atom. The van der Waals surface area contributed by atoms with Crippen molar-refractivity contribution >= 4 is 11.7 Å². The van der Waals surface area contributed by atoms with E-state index in [1.54, 1.807) is 14.0 Å². The van der Waals surface area contributed by atoms with E-state index in [1.807, 2.05) is 29.2 Å². The standard InChI is InChI=1S/C17H24N2O3/c1-14(20)13-18-8-10-19(11-9-18)17(21)7-6-15-4-3-5-16(12-15)22-2/h3-5,12H,6-11,13H2,1-2H3. The number of carbonyl (C=O) groups excluding carboxylic acids is 2. The van der Waals surface area contributed by atoms with E-state index in [0.717, 1.165) is 30.8 Å². The Morgan fingerprint density at radius 1 is 1.18 bits per heavy atom. The molecule has 1 aromatic carbocycles. The Morgan fingerprint density at radius 3 is 2.55 bits per heavy atom. The molecule has 0 N–H and O–H groups in total. The molecule has 1 saturated heterocycles. The summed E-state index contributed by atoms with van der Waals surface area (Å²) in [6.07, 6.45) is 1.24. The van der Waals surface area contributed by atoms with Crippen LogP contribution in [0.5, 0.6) is 5.75 Å². The van der Waals surface area contributed by atoms with Gasteiger partial charge in [0.25, 0.3) is 0 Å². The van der Waals surface area contributed by atoms with Crippen LogP contribution in [0.25, 0.3) is 0 Å². The lowest BCUT2D eigenvalue weighted by Crippen LogP contribution is -2.49. The summed E-state index contributed by atoms with van der Waals surface area (Å²) in [7, 11) is 1.64. The van der Waals surface area contributed by atoms with Gasteiger partial charge in [-0.3, -0.25) is 14.5 Å². The Balaban J connectivity index is 1.77. The molecule has 0 atom stereocenters. The lowest BCUT2D eigenvalue weighted by Gasteiger charge is -2.34. The molecule has 0 aromatic heterocycles. The molecule has 0 unspecified atom stereocenters. The van der Waals surface area contributed by atoms with E-state index in [-0.39, 0.29) is 11.7 Å². The van der Waals surface area contributed by atoms with Crippen LogP contribution in [0, 0.1) is 0 Å².